The van der Waals surface area contributed by atoms with Gasteiger partial charge in [-0.3, -0.25) is 0 Å². The molecule has 0 saturated heterocycles. The number of halogens is 1. The topological polar surface area (TPSA) is 49.4 Å². The summed E-state index contributed by atoms with van der Waals surface area (Å²) in [6, 6.07) is 4.89. The van der Waals surface area contributed by atoms with E-state index in [0.717, 1.165) is 18.4 Å². The van der Waals surface area contributed by atoms with E-state index >= 15 is 0 Å². The monoisotopic (exact) mass is 314 g/mol. The van der Waals surface area contributed by atoms with Gasteiger partial charge in [0.1, 0.15) is 10.7 Å². The lowest BCUT2D eigenvalue weighted by atomic mass is 10.2. The van der Waals surface area contributed by atoms with Crippen LogP contribution in [0.15, 0.2) is 23.1 Å². The smallest absolute Gasteiger partial charge is 0.245 e. The van der Waals surface area contributed by atoms with Crippen molar-refractivity contribution in [3.05, 3.63) is 29.6 Å². The molecule has 2 rings (SSSR count). The molecule has 0 bridgehead atoms. The van der Waals surface area contributed by atoms with E-state index in [1.807, 2.05) is 13.8 Å². The normalized spacial score (nSPS) is 15.9. The molecule has 0 aliphatic heterocycles. The molecule has 21 heavy (non-hydrogen) atoms. The third kappa shape index (κ3) is 4.25. The zero-order valence-electron chi connectivity index (χ0n) is 12.8. The van der Waals surface area contributed by atoms with Gasteiger partial charge >= 0.3 is 0 Å². The molecule has 0 unspecified atom stereocenters. The molecule has 4 nitrogen and oxygen atoms in total. The largest absolute Gasteiger partial charge is 0.310 e. The Labute approximate surface area is 126 Å². The van der Waals surface area contributed by atoms with Crippen LogP contribution in [0.1, 0.15) is 32.3 Å². The molecule has 1 aromatic carbocycles. The minimum Gasteiger partial charge on any atom is -0.310 e. The second-order valence-corrected chi connectivity index (χ2v) is 8.11. The van der Waals surface area contributed by atoms with E-state index in [0.29, 0.717) is 19.1 Å². The molecule has 1 saturated carbocycles. The number of sulfonamides is 1. The van der Waals surface area contributed by atoms with Gasteiger partial charge in [-0.05, 0) is 36.5 Å². The van der Waals surface area contributed by atoms with Crippen LogP contribution >= 0.6 is 0 Å². The van der Waals surface area contributed by atoms with Crippen molar-refractivity contribution in [2.45, 2.75) is 44.2 Å². The van der Waals surface area contributed by atoms with Crippen molar-refractivity contribution < 1.29 is 12.8 Å². The van der Waals surface area contributed by atoms with Crippen LogP contribution in [0, 0.1) is 11.7 Å². The molecule has 1 aliphatic carbocycles. The van der Waals surface area contributed by atoms with Crippen LogP contribution in [0.4, 0.5) is 4.39 Å². The summed E-state index contributed by atoms with van der Waals surface area (Å²) in [6.07, 6.45) is 2.32. The molecule has 1 aliphatic rings. The molecule has 0 atom stereocenters. The van der Waals surface area contributed by atoms with Crippen molar-refractivity contribution >= 4 is 10.0 Å². The van der Waals surface area contributed by atoms with Crippen molar-refractivity contribution in [2.75, 3.05) is 13.6 Å². The lowest BCUT2D eigenvalue weighted by Crippen LogP contribution is -2.31. The summed E-state index contributed by atoms with van der Waals surface area (Å²) >= 11 is 0. The van der Waals surface area contributed by atoms with Gasteiger partial charge in [0.2, 0.25) is 10.0 Å². The van der Waals surface area contributed by atoms with E-state index in [9.17, 15) is 12.8 Å². The molecule has 0 radical (unpaired) electrons. The Morgan fingerprint density at radius 1 is 1.38 bits per heavy atom. The highest BCUT2D eigenvalue weighted by Crippen LogP contribution is 2.22. The Morgan fingerprint density at radius 2 is 2.05 bits per heavy atom. The highest BCUT2D eigenvalue weighted by molar-refractivity contribution is 7.89. The highest BCUT2D eigenvalue weighted by Gasteiger charge is 2.25. The molecule has 118 valence electrons. The van der Waals surface area contributed by atoms with Crippen LogP contribution in [-0.4, -0.2) is 32.4 Å². The van der Waals surface area contributed by atoms with Crippen molar-refractivity contribution in [2.24, 2.45) is 5.92 Å². The fourth-order valence-corrected chi connectivity index (χ4v) is 3.57. The average molecular weight is 314 g/mol. The third-order valence-electron chi connectivity index (χ3n) is 3.48. The molecule has 0 heterocycles. The molecule has 0 spiro atoms. The molecular formula is C15H23FN2O2S. The highest BCUT2D eigenvalue weighted by atomic mass is 32.2. The Hall–Kier alpha value is -0.980. The zero-order valence-corrected chi connectivity index (χ0v) is 13.6. The van der Waals surface area contributed by atoms with Crippen LogP contribution in [0.5, 0.6) is 0 Å². The molecule has 0 aromatic heterocycles. The van der Waals surface area contributed by atoms with E-state index in [4.69, 9.17) is 0 Å². The van der Waals surface area contributed by atoms with Crippen LogP contribution in [0.3, 0.4) is 0 Å². The first-order valence-electron chi connectivity index (χ1n) is 7.29. The van der Waals surface area contributed by atoms with Crippen molar-refractivity contribution in [3.63, 3.8) is 0 Å². The van der Waals surface area contributed by atoms with E-state index < -0.39 is 15.8 Å². The van der Waals surface area contributed by atoms with E-state index in [1.165, 1.54) is 23.5 Å². The van der Waals surface area contributed by atoms with E-state index in [2.05, 4.69) is 5.32 Å². The summed E-state index contributed by atoms with van der Waals surface area (Å²) in [7, 11) is -2.28. The van der Waals surface area contributed by atoms with Crippen LogP contribution in [0.25, 0.3) is 0 Å². The molecule has 1 fully saturated rings. The minimum absolute atomic E-state index is 0.190. The van der Waals surface area contributed by atoms with Gasteiger partial charge in [-0.2, -0.15) is 0 Å². The maximum absolute atomic E-state index is 14.1. The number of benzene rings is 1. The zero-order chi connectivity index (χ0) is 15.6. The van der Waals surface area contributed by atoms with E-state index in [1.54, 1.807) is 6.07 Å². The number of hydrogen-bond donors (Lipinski definition) is 1. The van der Waals surface area contributed by atoms with Crippen molar-refractivity contribution in [1.29, 1.82) is 0 Å². The first-order chi connectivity index (χ1) is 9.80. The second-order valence-electron chi connectivity index (χ2n) is 6.10. The van der Waals surface area contributed by atoms with Crippen molar-refractivity contribution in [3.8, 4) is 0 Å². The first-order valence-corrected chi connectivity index (χ1v) is 8.73. The van der Waals surface area contributed by atoms with Gasteiger partial charge < -0.3 is 5.32 Å². The summed E-state index contributed by atoms with van der Waals surface area (Å²) < 4.78 is 40.0. The van der Waals surface area contributed by atoms with Gasteiger partial charge in [0.15, 0.2) is 0 Å². The third-order valence-corrected chi connectivity index (χ3v) is 5.34. The van der Waals surface area contributed by atoms with Crippen molar-refractivity contribution in [1.82, 2.24) is 9.62 Å². The van der Waals surface area contributed by atoms with Gasteiger partial charge in [-0.1, -0.05) is 19.9 Å². The Morgan fingerprint density at radius 3 is 2.57 bits per heavy atom. The van der Waals surface area contributed by atoms with Gasteiger partial charge in [-0.25, -0.2) is 17.1 Å². The van der Waals surface area contributed by atoms with Crippen LogP contribution in [-0.2, 0) is 16.6 Å². The lowest BCUT2D eigenvalue weighted by molar-refractivity contribution is 0.414. The lowest BCUT2D eigenvalue weighted by Gasteiger charge is -2.19. The fourth-order valence-electron chi connectivity index (χ4n) is 2.19. The summed E-state index contributed by atoms with van der Waals surface area (Å²) in [4.78, 5) is -0.249. The van der Waals surface area contributed by atoms with Gasteiger partial charge in [0.05, 0.1) is 0 Å². The molecular weight excluding hydrogens is 291 g/mol. The maximum atomic E-state index is 14.1. The maximum Gasteiger partial charge on any atom is 0.245 e. The van der Waals surface area contributed by atoms with Gasteiger partial charge in [0, 0.05) is 26.2 Å². The van der Waals surface area contributed by atoms with Gasteiger partial charge in [0.25, 0.3) is 0 Å². The Kier molecular flexibility index (Phi) is 5.01. The summed E-state index contributed by atoms with van der Waals surface area (Å²) in [5, 5.41) is 3.28. The standard InChI is InChI=1S/C15H23FN2O2S/c1-11(2)10-18(3)21(19,20)15-7-4-12(8-14(15)16)9-17-13-5-6-13/h4,7-8,11,13,17H,5-6,9-10H2,1-3H3. The van der Waals surface area contributed by atoms with E-state index in [-0.39, 0.29) is 10.8 Å². The van der Waals surface area contributed by atoms with Crippen LogP contribution in [0.2, 0.25) is 0 Å². The summed E-state index contributed by atoms with van der Waals surface area (Å²) in [5.74, 6) is -0.490. The Balaban J connectivity index is 2.14. The number of hydrogen-bond acceptors (Lipinski definition) is 3. The average Bonchev–Trinajstić information content (AvgIpc) is 3.19. The van der Waals surface area contributed by atoms with Gasteiger partial charge in [-0.15, -0.1) is 0 Å². The summed E-state index contributed by atoms with van der Waals surface area (Å²) in [6.45, 7) is 4.79. The quantitative estimate of drug-likeness (QED) is 0.840. The Bertz CT molecular complexity index is 598. The number of nitrogens with one attached hydrogen (secondary N) is 1. The second kappa shape index (κ2) is 6.42. The molecule has 1 N–H and O–H groups in total. The number of rotatable bonds is 7. The number of nitrogens with zero attached hydrogens (tertiary/aromatic N) is 1. The molecule has 0 amide bonds. The fraction of sp³-hybridized carbons (Fsp3) is 0.600. The SMILES string of the molecule is CC(C)CN(C)S(=O)(=O)c1ccc(CNC2CC2)cc1F. The minimum atomic E-state index is -3.76. The predicted octanol–water partition coefficient (Wildman–Crippen LogP) is 2.35. The first kappa shape index (κ1) is 16.4. The predicted molar refractivity (Wildman–Crippen MR) is 80.9 cm³/mol. The molecule has 1 aromatic rings. The molecule has 6 heteroatoms. The van der Waals surface area contributed by atoms with Crippen LogP contribution < -0.4 is 5.32 Å². The summed E-state index contributed by atoms with van der Waals surface area (Å²) in [5.41, 5.74) is 0.768.